The largest absolute Gasteiger partial charge is 0.481 e. The van der Waals surface area contributed by atoms with Crippen molar-refractivity contribution in [3.8, 4) is 0 Å². The average molecular weight is 350 g/mol. The van der Waals surface area contributed by atoms with E-state index in [9.17, 15) is 24.9 Å². The van der Waals surface area contributed by atoms with Gasteiger partial charge in [-0.1, -0.05) is 13.3 Å². The molecule has 25 heavy (non-hydrogen) atoms. The van der Waals surface area contributed by atoms with Gasteiger partial charge in [-0.05, 0) is 62.7 Å². The zero-order valence-corrected chi connectivity index (χ0v) is 15.3. The summed E-state index contributed by atoms with van der Waals surface area (Å²) >= 11 is 0. The predicted octanol–water partition coefficient (Wildman–Crippen LogP) is 2.39. The monoisotopic (exact) mass is 350 g/mol. The number of aliphatic carboxylic acids is 1. The fraction of sp³-hybridized carbons (Fsp3) is 0.900. The number of aliphatic hydroxyl groups is 2. The van der Waals surface area contributed by atoms with Gasteiger partial charge in [0.25, 0.3) is 0 Å². The van der Waals surface area contributed by atoms with Crippen molar-refractivity contribution < 1.29 is 24.9 Å². The van der Waals surface area contributed by atoms with E-state index >= 15 is 0 Å². The standard InChI is InChI=1S/C20H30O5/c1-17-5-3-6-18(2,16(24)25)13(17)8-14(22)20-9-15(23)19(10-20,11-21)7-4-12(17)20/h12-14,21-22H,3-11H2,1-2H3,(H,24,25)/t12?,13?,14-,17-,18+,19-,20+/m0/s1. The number of rotatable bonds is 2. The molecule has 5 nitrogen and oxygen atoms in total. The van der Waals surface area contributed by atoms with Gasteiger partial charge >= 0.3 is 5.97 Å². The van der Waals surface area contributed by atoms with E-state index in [0.717, 1.165) is 19.3 Å². The van der Waals surface area contributed by atoms with E-state index in [2.05, 4.69) is 6.92 Å². The molecule has 2 bridgehead atoms. The normalized spacial score (nSPS) is 54.7. The van der Waals surface area contributed by atoms with E-state index in [1.54, 1.807) is 0 Å². The molecule has 0 amide bonds. The molecule has 140 valence electrons. The van der Waals surface area contributed by atoms with Crippen LogP contribution >= 0.6 is 0 Å². The summed E-state index contributed by atoms with van der Waals surface area (Å²) in [5.74, 6) is -0.543. The van der Waals surface area contributed by atoms with Crippen molar-refractivity contribution >= 4 is 11.8 Å². The van der Waals surface area contributed by atoms with Crippen LogP contribution in [0.15, 0.2) is 0 Å². The smallest absolute Gasteiger partial charge is 0.309 e. The predicted molar refractivity (Wildman–Crippen MR) is 90.7 cm³/mol. The lowest BCUT2D eigenvalue weighted by molar-refractivity contribution is -0.213. The van der Waals surface area contributed by atoms with Gasteiger partial charge in [0.1, 0.15) is 5.78 Å². The number of ketones is 1. The Bertz CT molecular complexity index is 632. The number of carboxylic acids is 1. The van der Waals surface area contributed by atoms with Gasteiger partial charge in [0.05, 0.1) is 23.5 Å². The van der Waals surface area contributed by atoms with Gasteiger partial charge in [0.15, 0.2) is 0 Å². The second-order valence-corrected chi connectivity index (χ2v) is 9.93. The Hall–Kier alpha value is -0.940. The minimum Gasteiger partial charge on any atom is -0.481 e. The number of carboxylic acid groups (broad SMARTS) is 1. The van der Waals surface area contributed by atoms with Crippen molar-refractivity contribution in [3.05, 3.63) is 0 Å². The van der Waals surface area contributed by atoms with E-state index in [4.69, 9.17) is 0 Å². The molecular weight excluding hydrogens is 320 g/mol. The molecule has 0 aliphatic heterocycles. The highest BCUT2D eigenvalue weighted by Crippen LogP contribution is 2.72. The highest BCUT2D eigenvalue weighted by atomic mass is 16.4. The Morgan fingerprint density at radius 1 is 1.20 bits per heavy atom. The van der Waals surface area contributed by atoms with E-state index in [-0.39, 0.29) is 29.6 Å². The lowest BCUT2D eigenvalue weighted by Gasteiger charge is -2.65. The summed E-state index contributed by atoms with van der Waals surface area (Å²) < 4.78 is 0. The third kappa shape index (κ3) is 1.92. The maximum Gasteiger partial charge on any atom is 0.309 e. The number of hydrogen-bond acceptors (Lipinski definition) is 4. The van der Waals surface area contributed by atoms with Gasteiger partial charge in [-0.3, -0.25) is 9.59 Å². The molecule has 2 unspecified atom stereocenters. The zero-order chi connectivity index (χ0) is 18.3. The molecule has 4 aliphatic carbocycles. The summed E-state index contributed by atoms with van der Waals surface area (Å²) in [6.07, 6.45) is 4.75. The minimum absolute atomic E-state index is 0.0609. The molecular formula is C20H30O5. The Balaban J connectivity index is 1.79. The quantitative estimate of drug-likeness (QED) is 0.711. The van der Waals surface area contributed by atoms with Crippen molar-refractivity contribution in [2.45, 2.75) is 71.3 Å². The van der Waals surface area contributed by atoms with E-state index in [0.29, 0.717) is 32.1 Å². The second kappa shape index (κ2) is 5.07. The first-order chi connectivity index (χ1) is 11.6. The zero-order valence-electron chi connectivity index (χ0n) is 15.3. The molecule has 4 aliphatic rings. The fourth-order valence-corrected chi connectivity index (χ4v) is 7.71. The van der Waals surface area contributed by atoms with Gasteiger partial charge in [-0.25, -0.2) is 0 Å². The van der Waals surface area contributed by atoms with Gasteiger partial charge in [0, 0.05) is 11.8 Å². The van der Waals surface area contributed by atoms with Crippen LogP contribution in [0.25, 0.3) is 0 Å². The summed E-state index contributed by atoms with van der Waals surface area (Å²) in [4.78, 5) is 24.8. The molecule has 1 spiro atoms. The van der Waals surface area contributed by atoms with E-state index in [1.807, 2.05) is 6.92 Å². The van der Waals surface area contributed by atoms with E-state index in [1.165, 1.54) is 0 Å². The number of carbonyl (C=O) groups excluding carboxylic acids is 1. The molecule has 3 N–H and O–H groups in total. The van der Waals surface area contributed by atoms with Crippen LogP contribution < -0.4 is 0 Å². The van der Waals surface area contributed by atoms with Gasteiger partial charge in [-0.2, -0.15) is 0 Å². The second-order valence-electron chi connectivity index (χ2n) is 9.93. The Morgan fingerprint density at radius 2 is 1.92 bits per heavy atom. The number of fused-ring (bicyclic) bond motifs is 3. The van der Waals surface area contributed by atoms with Crippen LogP contribution in [0.2, 0.25) is 0 Å². The summed E-state index contributed by atoms with van der Waals surface area (Å²) in [6, 6.07) is 0. The number of Topliss-reactive ketones (excluding diaryl/α,β-unsaturated/α-hetero) is 1. The maximum atomic E-state index is 12.7. The Kier molecular flexibility index (Phi) is 3.54. The van der Waals surface area contributed by atoms with Crippen LogP contribution in [0.5, 0.6) is 0 Å². The Labute approximate surface area is 148 Å². The molecule has 4 rings (SSSR count). The third-order valence-corrected chi connectivity index (χ3v) is 9.04. The van der Waals surface area contributed by atoms with Crippen LogP contribution in [0.1, 0.15) is 65.2 Å². The molecule has 0 saturated heterocycles. The first-order valence-corrected chi connectivity index (χ1v) is 9.70. The molecule has 0 aromatic heterocycles. The summed E-state index contributed by atoms with van der Waals surface area (Å²) in [5, 5.41) is 30.9. The molecule has 0 aromatic rings. The first-order valence-electron chi connectivity index (χ1n) is 9.70. The molecule has 0 radical (unpaired) electrons. The average Bonchev–Trinajstić information content (AvgIpc) is 2.78. The van der Waals surface area contributed by atoms with Gasteiger partial charge in [-0.15, -0.1) is 0 Å². The van der Waals surface area contributed by atoms with Gasteiger partial charge < -0.3 is 15.3 Å². The number of hydrogen-bond donors (Lipinski definition) is 3. The molecule has 0 heterocycles. The summed E-state index contributed by atoms with van der Waals surface area (Å²) in [7, 11) is 0. The third-order valence-electron chi connectivity index (χ3n) is 9.04. The molecule has 7 atom stereocenters. The molecule has 0 aromatic carbocycles. The van der Waals surface area contributed by atoms with Crippen LogP contribution in [-0.4, -0.2) is 39.8 Å². The van der Waals surface area contributed by atoms with Crippen LogP contribution in [0, 0.1) is 33.5 Å². The summed E-state index contributed by atoms with van der Waals surface area (Å²) in [5.41, 5.74) is -2.08. The van der Waals surface area contributed by atoms with Gasteiger partial charge in [0.2, 0.25) is 0 Å². The maximum absolute atomic E-state index is 12.7. The van der Waals surface area contributed by atoms with E-state index < -0.39 is 28.3 Å². The topological polar surface area (TPSA) is 94.8 Å². The van der Waals surface area contributed by atoms with Crippen LogP contribution in [0.3, 0.4) is 0 Å². The Morgan fingerprint density at radius 3 is 2.56 bits per heavy atom. The summed E-state index contributed by atoms with van der Waals surface area (Å²) in [6.45, 7) is 3.94. The first kappa shape index (κ1) is 17.5. The van der Waals surface area contributed by atoms with Crippen molar-refractivity contribution in [2.75, 3.05) is 6.61 Å². The number of carbonyl (C=O) groups is 2. The van der Waals surface area contributed by atoms with Crippen molar-refractivity contribution in [1.29, 1.82) is 0 Å². The minimum atomic E-state index is -0.802. The lowest BCUT2D eigenvalue weighted by Crippen LogP contribution is -2.63. The fourth-order valence-electron chi connectivity index (χ4n) is 7.71. The number of aliphatic hydroxyl groups excluding tert-OH is 2. The van der Waals surface area contributed by atoms with Crippen LogP contribution in [-0.2, 0) is 9.59 Å². The van der Waals surface area contributed by atoms with Crippen molar-refractivity contribution in [1.82, 2.24) is 0 Å². The SMILES string of the molecule is C[C@@]12CCC[C@@](C)(C(=O)O)C1C[C@H](O)[C@@]13CC(=O)[C@@](CO)(CCC21)C3. The lowest BCUT2D eigenvalue weighted by atomic mass is 9.39. The van der Waals surface area contributed by atoms with Crippen molar-refractivity contribution in [3.63, 3.8) is 0 Å². The molecule has 4 fully saturated rings. The molecule has 5 heteroatoms. The van der Waals surface area contributed by atoms with Crippen molar-refractivity contribution in [2.24, 2.45) is 33.5 Å². The highest BCUT2D eigenvalue weighted by molar-refractivity contribution is 5.89. The van der Waals surface area contributed by atoms with Crippen LogP contribution in [0.4, 0.5) is 0 Å². The highest BCUT2D eigenvalue weighted by Gasteiger charge is 2.71. The molecule has 4 saturated carbocycles.